The summed E-state index contributed by atoms with van der Waals surface area (Å²) in [6, 6.07) is -22.1. The number of nitrogens with one attached hydrogen (secondary N) is 11. The van der Waals surface area contributed by atoms with Crippen molar-refractivity contribution in [2.75, 3.05) is 50.8 Å². The fourth-order valence-electron chi connectivity index (χ4n) is 11.8. The van der Waals surface area contributed by atoms with Gasteiger partial charge in [-0.25, -0.2) is 0 Å². The molecule has 2 bridgehead atoms. The van der Waals surface area contributed by atoms with Gasteiger partial charge < -0.3 is 117 Å². The molecule has 5 rings (SSSR count). The van der Waals surface area contributed by atoms with Crippen LogP contribution in [-0.2, 0) is 81.5 Å². The van der Waals surface area contributed by atoms with Crippen molar-refractivity contribution in [2.45, 2.75) is 202 Å². The number of fused-ring (bicyclic) bond motifs is 8. The van der Waals surface area contributed by atoms with E-state index in [2.05, 4.69) is 63.5 Å². The van der Waals surface area contributed by atoms with Crippen molar-refractivity contribution < 1.29 is 96.8 Å². The van der Waals surface area contributed by atoms with Crippen molar-refractivity contribution in [3.05, 3.63) is 0 Å². The molecule has 562 valence electrons. The molecule has 0 aromatic rings. The Hall–Kier alpha value is -9.16. The fourth-order valence-corrected chi connectivity index (χ4v) is 14.1. The first-order chi connectivity index (χ1) is 47.7. The number of rotatable bonds is 16. The van der Waals surface area contributed by atoms with E-state index in [1.165, 1.54) is 4.90 Å². The number of aliphatic hydroxyl groups is 3. The molecular formula is C59H94N20O20S2. The number of carbonyl (C=O) groups is 17. The molecule has 0 unspecified atom stereocenters. The van der Waals surface area contributed by atoms with Crippen LogP contribution >= 0.6 is 21.6 Å². The molecule has 0 aromatic heterocycles. The molecule has 16 atom stereocenters. The van der Waals surface area contributed by atoms with Gasteiger partial charge in [-0.1, -0.05) is 41.9 Å². The predicted octanol–water partition coefficient (Wildman–Crippen LogP) is -10.8. The van der Waals surface area contributed by atoms with Crippen molar-refractivity contribution in [2.24, 2.45) is 39.6 Å². The van der Waals surface area contributed by atoms with Gasteiger partial charge >= 0.3 is 0 Å². The van der Waals surface area contributed by atoms with Crippen LogP contribution in [0.25, 0.3) is 0 Å². The Morgan fingerprint density at radius 3 is 1.46 bits per heavy atom. The molecule has 17 amide bonds. The lowest BCUT2D eigenvalue weighted by Gasteiger charge is -2.34. The summed E-state index contributed by atoms with van der Waals surface area (Å²) in [5.41, 5.74) is 27.6. The van der Waals surface area contributed by atoms with Gasteiger partial charge in [0.15, 0.2) is 5.96 Å². The minimum absolute atomic E-state index is 0.00712. The fraction of sp³-hybridized carbons (Fsp3) is 0.695. The summed E-state index contributed by atoms with van der Waals surface area (Å²) in [5.74, 6) is -20.7. The minimum atomic E-state index is -2.06. The summed E-state index contributed by atoms with van der Waals surface area (Å²) >= 11 is 0. The molecule has 5 saturated heterocycles. The van der Waals surface area contributed by atoms with Crippen molar-refractivity contribution >= 4 is 128 Å². The van der Waals surface area contributed by atoms with Crippen molar-refractivity contribution in [3.63, 3.8) is 0 Å². The van der Waals surface area contributed by atoms with E-state index in [-0.39, 0.29) is 89.9 Å². The van der Waals surface area contributed by atoms with Crippen LogP contribution in [0.3, 0.4) is 0 Å². The predicted molar refractivity (Wildman–Crippen MR) is 357 cm³/mol. The minimum Gasteiger partial charge on any atom is -0.394 e. The Kier molecular flexibility index (Phi) is 32.0. The highest BCUT2D eigenvalue weighted by Crippen LogP contribution is 2.28. The van der Waals surface area contributed by atoms with E-state index in [1.54, 1.807) is 13.8 Å². The number of nitrogens with two attached hydrogens (primary N) is 5. The molecule has 0 saturated carbocycles. The maximum absolute atomic E-state index is 14.9. The lowest BCUT2D eigenvalue weighted by atomic mass is 9.97. The third-order valence-corrected chi connectivity index (χ3v) is 19.8. The summed E-state index contributed by atoms with van der Waals surface area (Å²) < 4.78 is 0. The number of primary amides is 3. The zero-order valence-electron chi connectivity index (χ0n) is 56.4. The molecule has 0 aliphatic carbocycles. The highest BCUT2D eigenvalue weighted by Gasteiger charge is 2.47. The molecule has 0 spiro atoms. The quantitative estimate of drug-likeness (QED) is 0.0295. The number of guanidine groups is 1. The number of hydrogen-bond donors (Lipinski definition) is 19. The zero-order chi connectivity index (χ0) is 75.1. The summed E-state index contributed by atoms with van der Waals surface area (Å²) in [7, 11) is 1.44. The normalized spacial score (nSPS) is 29.1. The first kappa shape index (κ1) is 82.5. The molecule has 101 heavy (non-hydrogen) atoms. The average Bonchev–Trinajstić information content (AvgIpc) is 1.68. The molecule has 5 aliphatic rings. The van der Waals surface area contributed by atoms with E-state index in [9.17, 15) is 96.8 Å². The molecular weight excluding hydrogens is 1370 g/mol. The second-order valence-corrected chi connectivity index (χ2v) is 27.7. The van der Waals surface area contributed by atoms with Crippen LogP contribution < -0.4 is 87.2 Å². The second kappa shape index (κ2) is 39.2. The molecule has 0 radical (unpaired) electrons. The number of aliphatic imine (C=N–C) groups is 1. The van der Waals surface area contributed by atoms with Gasteiger partial charge in [0, 0.05) is 44.1 Å². The molecule has 40 nitrogen and oxygen atoms in total. The zero-order valence-corrected chi connectivity index (χ0v) is 58.0. The summed E-state index contributed by atoms with van der Waals surface area (Å²) in [6.45, 7) is 2.83. The van der Waals surface area contributed by atoms with Crippen molar-refractivity contribution in [1.29, 1.82) is 0 Å². The van der Waals surface area contributed by atoms with E-state index in [0.29, 0.717) is 10.8 Å². The van der Waals surface area contributed by atoms with Crippen LogP contribution in [0.1, 0.15) is 111 Å². The average molecular weight is 1470 g/mol. The molecule has 5 fully saturated rings. The van der Waals surface area contributed by atoms with Crippen molar-refractivity contribution in [1.82, 2.24) is 73.2 Å². The van der Waals surface area contributed by atoms with Gasteiger partial charge in [-0.15, -0.1) is 0 Å². The lowest BCUT2D eigenvalue weighted by molar-refractivity contribution is -0.148. The van der Waals surface area contributed by atoms with Crippen LogP contribution in [0.4, 0.5) is 0 Å². The Labute approximate surface area is 588 Å². The van der Waals surface area contributed by atoms with Crippen LogP contribution in [0.5, 0.6) is 0 Å². The van der Waals surface area contributed by atoms with Gasteiger partial charge in [-0.2, -0.15) is 0 Å². The Morgan fingerprint density at radius 1 is 0.485 bits per heavy atom. The molecule has 5 heterocycles. The first-order valence-electron chi connectivity index (χ1n) is 33.0. The lowest BCUT2D eigenvalue weighted by Crippen LogP contribution is -2.63. The van der Waals surface area contributed by atoms with Crippen LogP contribution in [0.2, 0.25) is 0 Å². The summed E-state index contributed by atoms with van der Waals surface area (Å²) in [6.07, 6.45) is -5.91. The van der Waals surface area contributed by atoms with Gasteiger partial charge in [0.05, 0.1) is 38.2 Å². The van der Waals surface area contributed by atoms with E-state index in [4.69, 9.17) is 28.7 Å². The Morgan fingerprint density at radius 2 is 0.921 bits per heavy atom. The number of aliphatic hydroxyl groups excluding tert-OH is 3. The van der Waals surface area contributed by atoms with Crippen LogP contribution in [0.15, 0.2) is 4.99 Å². The molecule has 0 aromatic carbocycles. The van der Waals surface area contributed by atoms with Gasteiger partial charge in [-0.05, 0) is 77.6 Å². The highest BCUT2D eigenvalue weighted by atomic mass is 33.1. The van der Waals surface area contributed by atoms with Gasteiger partial charge in [0.25, 0.3) is 0 Å². The monoisotopic (exact) mass is 1470 g/mol. The molecule has 42 heteroatoms. The smallest absolute Gasteiger partial charge is 0.246 e. The first-order valence-corrected chi connectivity index (χ1v) is 35.5. The van der Waals surface area contributed by atoms with E-state index in [1.807, 2.05) is 0 Å². The van der Waals surface area contributed by atoms with Gasteiger partial charge in [-0.3, -0.25) is 86.5 Å². The third kappa shape index (κ3) is 24.0. The standard InChI is InChI=1S/C59H94N20O20S2/c1-5-26(2)43-53(94)72-34-24-100-101-25-35(73-54(95)44(27(3)81)74-42(86)22-66-46(87)31(20-40(61)84)69-51(92)36-11-7-17-77(36)57(98)32(21-41(62)85)70-49(34)90)50(91)76-45(28(4)82)55(96)67-29(10-6-16-65-59(63)64)47(88)71-33(23-80)48(89)68-30(14-15-39(60)83)56(97)79-19-9-13-38(79)58(99)78-18-8-12-37(78)52(93)75-43/h26-38,43-45,80-82H,5-25H2,1-4H3,(H2,60,83)(H2,61,84)(H2,62,85)(H,66,87)(H,67,96)(H,68,89)(H,69,92)(H,70,90)(H,71,88)(H,72,94)(H,73,95)(H,74,86)(H,75,93)(H,76,91)(H4,63,64,65)/t26-,27+,28+,29-,30-,31-,32-,33-,34-,35-,36-,37-,38-,43-,44-,45-/m0/s1. The van der Waals surface area contributed by atoms with Gasteiger partial charge in [0.1, 0.15) is 78.5 Å². The van der Waals surface area contributed by atoms with Gasteiger partial charge in [0.2, 0.25) is 100 Å². The maximum Gasteiger partial charge on any atom is 0.246 e. The number of amides is 17. The van der Waals surface area contributed by atoms with E-state index < -0.39 is 247 Å². The maximum atomic E-state index is 14.9. The van der Waals surface area contributed by atoms with Crippen LogP contribution in [0, 0.1) is 5.92 Å². The van der Waals surface area contributed by atoms with E-state index >= 15 is 0 Å². The Bertz CT molecular complexity index is 3140. The number of hydrogen-bond acceptors (Lipinski definition) is 23. The number of carbonyl (C=O) groups excluding carboxylic acids is 17. The van der Waals surface area contributed by atoms with E-state index in [0.717, 1.165) is 34.4 Å². The summed E-state index contributed by atoms with van der Waals surface area (Å²) in [4.78, 5) is 246. The van der Waals surface area contributed by atoms with Crippen molar-refractivity contribution in [3.8, 4) is 0 Å². The molecule has 5 aliphatic heterocycles. The third-order valence-electron chi connectivity index (χ3n) is 17.4. The number of nitrogens with zero attached hydrogens (tertiary/aromatic N) is 4. The highest BCUT2D eigenvalue weighted by molar-refractivity contribution is 8.76. The SMILES string of the molecule is CC[C@H](C)[C@@H]1NC(=O)[C@@H]2CCCN2C(=O)[C@@H]2CCCN2C(=O)[C@H](CCC(N)=O)NC(=O)[C@H](CO)NC(=O)[C@H](CCCN=C(N)N)NC(=O)[C@H]([C@@H](C)O)NC(=O)[C@@H]2CSSC[C@H](NC1=O)C(=O)N[C@@H](CC(N)=O)C(=O)N1CCC[C@H]1C(=O)N[C@@H](CC(N)=O)C(=O)NCC(=O)N[C@@H]([C@@H](C)O)C(=O)N2. The Balaban J connectivity index is 1.68. The molecule has 24 N–H and O–H groups in total. The van der Waals surface area contributed by atoms with Crippen LogP contribution in [-0.4, -0.2) is 278 Å². The largest absolute Gasteiger partial charge is 0.394 e. The topological polar surface area (TPSA) is 635 Å². The summed E-state index contributed by atoms with van der Waals surface area (Å²) in [5, 5.41) is 58.9. The second-order valence-electron chi connectivity index (χ2n) is 25.1.